The van der Waals surface area contributed by atoms with Gasteiger partial charge in [-0.1, -0.05) is 0 Å². The van der Waals surface area contributed by atoms with Crippen LogP contribution < -0.4 is 10.6 Å². The summed E-state index contributed by atoms with van der Waals surface area (Å²) in [5, 5.41) is 10.1. The Balaban J connectivity index is 0.00000141. The molecule has 3 N–H and O–H groups in total. The number of hydrogen-bond donors (Lipinski definition) is 2. The second-order valence-electron chi connectivity index (χ2n) is 8.19. The number of aliphatic hydroxyl groups excluding tert-OH is 1. The number of anilines is 2. The zero-order valence-corrected chi connectivity index (χ0v) is 20.3. The monoisotopic (exact) mass is 495 g/mol. The molecule has 2 aliphatic rings. The van der Waals surface area contributed by atoms with Crippen molar-refractivity contribution in [2.75, 3.05) is 69.7 Å². The number of aliphatic hydroxyl groups is 1. The van der Waals surface area contributed by atoms with E-state index in [1.54, 1.807) is 28.5 Å². The number of nitrogens with zero attached hydrogens (tertiary/aromatic N) is 6. The summed E-state index contributed by atoms with van der Waals surface area (Å²) >= 11 is 1.68. The van der Waals surface area contributed by atoms with Crippen LogP contribution in [-0.4, -0.2) is 94.9 Å². The number of rotatable bonds is 5. The molecular weight excluding hydrogens is 466 g/mol. The van der Waals surface area contributed by atoms with Crippen LogP contribution >= 0.6 is 11.3 Å². The summed E-state index contributed by atoms with van der Waals surface area (Å²) in [7, 11) is 0. The van der Waals surface area contributed by atoms with E-state index >= 15 is 0 Å². The highest BCUT2D eigenvalue weighted by atomic mass is 32.1. The maximum Gasteiger partial charge on any atom is 0.248 e. The minimum absolute atomic E-state index is 0.202. The van der Waals surface area contributed by atoms with E-state index in [1.165, 1.54) is 4.88 Å². The van der Waals surface area contributed by atoms with Gasteiger partial charge >= 0.3 is 0 Å². The number of terminal acetylenes is 1. The van der Waals surface area contributed by atoms with Crippen molar-refractivity contribution >= 4 is 39.1 Å². The molecule has 3 aromatic heterocycles. The Morgan fingerprint density at radius 3 is 2.51 bits per heavy atom. The van der Waals surface area contributed by atoms with Crippen LogP contribution in [0.2, 0.25) is 0 Å². The van der Waals surface area contributed by atoms with Gasteiger partial charge in [0.2, 0.25) is 5.91 Å². The number of piperazine rings is 1. The summed E-state index contributed by atoms with van der Waals surface area (Å²) in [4.78, 5) is 34.2. The molecule has 2 saturated heterocycles. The number of carbonyl (C=O) groups is 1. The van der Waals surface area contributed by atoms with E-state index in [0.717, 1.165) is 54.3 Å². The molecule has 1 amide bonds. The first-order valence-corrected chi connectivity index (χ1v) is 12.2. The van der Waals surface area contributed by atoms with E-state index in [4.69, 9.17) is 25.5 Å². The molecule has 3 aromatic rings. The number of hydrogen-bond acceptors (Lipinski definition) is 10. The van der Waals surface area contributed by atoms with Crippen molar-refractivity contribution in [1.29, 1.82) is 0 Å². The number of carbonyl (C=O) groups excluding carboxylic acids is 1. The fourth-order valence-corrected chi connectivity index (χ4v) is 5.26. The molecule has 0 radical (unpaired) electrons. The lowest BCUT2D eigenvalue weighted by atomic mass is 10.2. The van der Waals surface area contributed by atoms with Gasteiger partial charge in [0.15, 0.2) is 5.82 Å². The number of ether oxygens (including phenoxy) is 1. The number of fused-ring (bicyclic) bond motifs is 1. The van der Waals surface area contributed by atoms with Gasteiger partial charge < -0.3 is 25.4 Å². The summed E-state index contributed by atoms with van der Waals surface area (Å²) in [5.41, 5.74) is 6.59. The molecule has 0 aliphatic carbocycles. The van der Waals surface area contributed by atoms with Crippen molar-refractivity contribution in [3.8, 4) is 24.2 Å². The molecule has 11 heteroatoms. The normalized spacial score (nSPS) is 16.7. The van der Waals surface area contributed by atoms with E-state index in [9.17, 15) is 4.79 Å². The van der Waals surface area contributed by atoms with Gasteiger partial charge in [-0.25, -0.2) is 15.0 Å². The average Bonchev–Trinajstić information content (AvgIpc) is 3.32. The van der Waals surface area contributed by atoms with Crippen molar-refractivity contribution < 1.29 is 14.6 Å². The van der Waals surface area contributed by atoms with Crippen molar-refractivity contribution in [2.45, 2.75) is 6.54 Å². The van der Waals surface area contributed by atoms with Crippen LogP contribution in [0.25, 0.3) is 21.6 Å². The Labute approximate surface area is 208 Å². The van der Waals surface area contributed by atoms with Crippen molar-refractivity contribution in [3.63, 3.8) is 0 Å². The highest BCUT2D eigenvalue weighted by Crippen LogP contribution is 2.34. The zero-order chi connectivity index (χ0) is 24.8. The lowest BCUT2D eigenvalue weighted by Gasteiger charge is -2.34. The van der Waals surface area contributed by atoms with E-state index in [1.807, 2.05) is 6.07 Å². The Morgan fingerprint density at radius 2 is 1.86 bits per heavy atom. The van der Waals surface area contributed by atoms with Crippen LogP contribution in [0.4, 0.5) is 11.6 Å². The molecule has 0 atom stereocenters. The molecule has 2 fully saturated rings. The molecule has 5 rings (SSSR count). The molecule has 2 aliphatic heterocycles. The van der Waals surface area contributed by atoms with E-state index < -0.39 is 6.61 Å². The smallest absolute Gasteiger partial charge is 0.248 e. The Morgan fingerprint density at radius 1 is 1.11 bits per heavy atom. The summed E-state index contributed by atoms with van der Waals surface area (Å²) in [6, 6.07) is 5.85. The van der Waals surface area contributed by atoms with Crippen LogP contribution in [-0.2, 0) is 16.1 Å². The molecular formula is C24H29N7O3S. The largest absolute Gasteiger partial charge is 0.387 e. The first-order valence-electron chi connectivity index (χ1n) is 11.4. The summed E-state index contributed by atoms with van der Waals surface area (Å²) in [6.45, 7) is 6.14. The van der Waals surface area contributed by atoms with Crippen LogP contribution in [0.1, 0.15) is 4.88 Å². The lowest BCUT2D eigenvalue weighted by molar-refractivity contribution is -0.135. The van der Waals surface area contributed by atoms with Crippen LogP contribution in [0.15, 0.2) is 24.4 Å². The summed E-state index contributed by atoms with van der Waals surface area (Å²) < 4.78 is 5.54. The SMILES string of the molecule is C#C.Nc1ccc(-c2nc(N3CCOCC3)c3cc(CN4CCN(C(=O)CO)CC4)sc3n2)cn1. The third-order valence-corrected chi connectivity index (χ3v) is 7.03. The molecule has 0 spiro atoms. The molecule has 0 unspecified atom stereocenters. The first-order chi connectivity index (χ1) is 17.1. The van der Waals surface area contributed by atoms with Crippen molar-refractivity contribution in [2.24, 2.45) is 0 Å². The minimum Gasteiger partial charge on any atom is -0.387 e. The van der Waals surface area contributed by atoms with Gasteiger partial charge in [-0.15, -0.1) is 24.2 Å². The topological polar surface area (TPSA) is 121 Å². The number of pyridine rings is 1. The van der Waals surface area contributed by atoms with Gasteiger partial charge in [-0.05, 0) is 18.2 Å². The third kappa shape index (κ3) is 5.68. The van der Waals surface area contributed by atoms with Crippen LogP contribution in [0.5, 0.6) is 0 Å². The average molecular weight is 496 g/mol. The number of aromatic nitrogens is 3. The van der Waals surface area contributed by atoms with Crippen molar-refractivity contribution in [3.05, 3.63) is 29.3 Å². The molecule has 0 bridgehead atoms. The highest BCUT2D eigenvalue weighted by molar-refractivity contribution is 7.18. The summed E-state index contributed by atoms with van der Waals surface area (Å²) in [6.07, 6.45) is 9.71. The van der Waals surface area contributed by atoms with Gasteiger partial charge in [0.1, 0.15) is 23.1 Å². The van der Waals surface area contributed by atoms with Crippen molar-refractivity contribution in [1.82, 2.24) is 24.8 Å². The van der Waals surface area contributed by atoms with Crippen LogP contribution in [0.3, 0.4) is 0 Å². The molecule has 10 nitrogen and oxygen atoms in total. The maximum atomic E-state index is 11.7. The van der Waals surface area contributed by atoms with Gasteiger partial charge in [0, 0.05) is 62.5 Å². The fraction of sp³-hybridized carbons (Fsp3) is 0.417. The van der Waals surface area contributed by atoms with Gasteiger partial charge in [0.25, 0.3) is 0 Å². The van der Waals surface area contributed by atoms with Gasteiger partial charge in [0.05, 0.1) is 18.6 Å². The standard InChI is InChI=1S/C22H27N7O3S.C2H2/c23-18-2-1-15(12-24-18)20-25-21(29-7-9-32-10-8-29)17-11-16(33-22(17)26-20)13-27-3-5-28(6-4-27)19(31)14-30;1-2/h1-2,11-12,30H,3-10,13-14H2,(H2,23,24);1-2H. The highest BCUT2D eigenvalue weighted by Gasteiger charge is 2.23. The lowest BCUT2D eigenvalue weighted by Crippen LogP contribution is -2.49. The molecule has 184 valence electrons. The van der Waals surface area contributed by atoms with Crippen LogP contribution in [0, 0.1) is 12.8 Å². The number of thiophene rings is 1. The first kappa shape index (κ1) is 24.8. The zero-order valence-electron chi connectivity index (χ0n) is 19.5. The minimum atomic E-state index is -0.425. The quantitative estimate of drug-likeness (QED) is 0.501. The molecule has 0 saturated carbocycles. The fourth-order valence-electron chi connectivity index (χ4n) is 4.19. The molecule has 35 heavy (non-hydrogen) atoms. The Kier molecular flexibility index (Phi) is 8.09. The second kappa shape index (κ2) is 11.4. The number of nitrogen functional groups attached to an aromatic ring is 1. The number of amides is 1. The maximum absolute atomic E-state index is 11.7. The van der Waals surface area contributed by atoms with E-state index in [0.29, 0.717) is 37.9 Å². The predicted octanol–water partition coefficient (Wildman–Crippen LogP) is 1.06. The summed E-state index contributed by atoms with van der Waals surface area (Å²) in [5.74, 6) is 1.83. The Bertz CT molecular complexity index is 1170. The molecule has 5 heterocycles. The van der Waals surface area contributed by atoms with Gasteiger partial charge in [-0.2, -0.15) is 0 Å². The molecule has 0 aromatic carbocycles. The third-order valence-electron chi connectivity index (χ3n) is 6.02. The van der Waals surface area contributed by atoms with E-state index in [-0.39, 0.29) is 5.91 Å². The van der Waals surface area contributed by atoms with E-state index in [2.05, 4.69) is 33.7 Å². The number of nitrogens with two attached hydrogens (primary N) is 1. The number of morpholine rings is 1. The predicted molar refractivity (Wildman–Crippen MR) is 137 cm³/mol. The Hall–Kier alpha value is -3.30. The second-order valence-corrected chi connectivity index (χ2v) is 9.30. The van der Waals surface area contributed by atoms with Gasteiger partial charge in [-0.3, -0.25) is 9.69 Å².